The lowest BCUT2D eigenvalue weighted by Gasteiger charge is -2.29. The Morgan fingerprint density at radius 1 is 0.815 bits per heavy atom. The molecular weight excluding hydrogens is 873 g/mol. The third-order valence-corrected chi connectivity index (χ3v) is 16.9. The fourth-order valence-electron chi connectivity index (χ4n) is 9.93. The molecule has 0 unspecified atom stereocenters. The zero-order chi connectivity index (χ0) is 46.8. The summed E-state index contributed by atoms with van der Waals surface area (Å²) in [5.41, 5.74) is 6.48. The highest BCUT2D eigenvalue weighted by Crippen LogP contribution is 2.51. The molecule has 0 atom stereocenters. The van der Waals surface area contributed by atoms with Crippen molar-refractivity contribution in [2.75, 3.05) is 35.8 Å². The summed E-state index contributed by atoms with van der Waals surface area (Å²) in [4.78, 5) is 7.97. The maximum absolute atomic E-state index is 14.9. The molecule has 0 radical (unpaired) electrons. The van der Waals surface area contributed by atoms with Gasteiger partial charge in [0, 0.05) is 53.0 Å². The van der Waals surface area contributed by atoms with Crippen molar-refractivity contribution >= 4 is 62.7 Å². The Balaban J connectivity index is 1.34. The van der Waals surface area contributed by atoms with Gasteiger partial charge in [-0.05, 0) is 132 Å². The summed E-state index contributed by atoms with van der Waals surface area (Å²) in [5.74, 6) is -0.228. The summed E-state index contributed by atoms with van der Waals surface area (Å²) in [6, 6.07) is 25.0. The first-order chi connectivity index (χ1) is 30.7. The summed E-state index contributed by atoms with van der Waals surface area (Å²) in [6.45, 7) is 11.7. The normalized spacial score (nSPS) is 18.5. The number of unbranched alkanes of at least 4 members (excludes halogenated alkanes) is 2. The van der Waals surface area contributed by atoms with Crippen molar-refractivity contribution in [2.24, 2.45) is 4.99 Å². The molecule has 0 fully saturated rings. The number of aryl methyl sites for hydroxylation is 1. The summed E-state index contributed by atoms with van der Waals surface area (Å²) >= 11 is 0. The molecule has 4 aromatic carbocycles. The lowest BCUT2D eigenvalue weighted by atomic mass is 9.75. The average molecular weight is 935 g/mol. The maximum atomic E-state index is 14.9. The molecule has 1 heterocycles. The Labute approximate surface area is 386 Å². The number of allylic oxidation sites excluding steroid dienone is 10. The Morgan fingerprint density at radius 3 is 2.18 bits per heavy atom. The molecule has 12 heteroatoms. The molecule has 7 rings (SSSR count). The van der Waals surface area contributed by atoms with Gasteiger partial charge in [0.05, 0.1) is 15.6 Å². The molecule has 0 bridgehead atoms. The molecule has 0 amide bonds. The number of rotatable bonds is 17. The zero-order valence-electron chi connectivity index (χ0n) is 38.5. The molecule has 3 aliphatic rings. The smallest absolute Gasteiger partial charge is 0.264 e. The van der Waals surface area contributed by atoms with E-state index in [-0.39, 0.29) is 16.4 Å². The van der Waals surface area contributed by atoms with Crippen LogP contribution in [0.1, 0.15) is 95.8 Å². The van der Waals surface area contributed by atoms with Gasteiger partial charge >= 0.3 is 0 Å². The van der Waals surface area contributed by atoms with E-state index in [0.29, 0.717) is 74.1 Å². The summed E-state index contributed by atoms with van der Waals surface area (Å²) in [6.07, 6.45) is 18.9. The number of hydrogen-bond donors (Lipinski definition) is 1. The van der Waals surface area contributed by atoms with E-state index in [1.165, 1.54) is 6.26 Å². The van der Waals surface area contributed by atoms with Crippen molar-refractivity contribution in [3.05, 3.63) is 159 Å². The van der Waals surface area contributed by atoms with Crippen molar-refractivity contribution in [2.45, 2.75) is 96.8 Å². The first-order valence-electron chi connectivity index (χ1n) is 22.6. The molecule has 0 saturated carbocycles. The van der Waals surface area contributed by atoms with Crippen LogP contribution in [0.25, 0.3) is 21.5 Å². The van der Waals surface area contributed by atoms with E-state index in [1.54, 1.807) is 6.08 Å². The first kappa shape index (κ1) is 48.1. The number of benzene rings is 4. The lowest BCUT2D eigenvalue weighted by Crippen LogP contribution is -2.29. The van der Waals surface area contributed by atoms with Crippen LogP contribution in [0.2, 0.25) is 0 Å². The molecule has 0 aromatic heterocycles. The quantitative estimate of drug-likeness (QED) is 0.0627. The van der Waals surface area contributed by atoms with Crippen LogP contribution in [0, 0.1) is 6.92 Å². The molecule has 4 aromatic rings. The topological polar surface area (TPSA) is 138 Å². The van der Waals surface area contributed by atoms with Gasteiger partial charge in [0.25, 0.3) is 10.1 Å². The standard InChI is InChI=1S/C53H62N2O7S3/c1-38-24-25-39-18-10-12-22-44(39)49(38)52(2,3)47(54-34-14-16-36-63(6,56)57)32-29-41-26-27-42(51(41)65(61,62)43-20-8-7-9-21-43)30-33-48-53(4,5)50-45-23-13-11-19-40(45)28-31-46(50)55(48)35-15-17-37-64(58,59)60/h8,10-13,18-25,28-33H,7,9,14-17,26-27,34-37H2,1-6H3,(H,58,59,60)/b32-29+,42-30+,48-33+,54-47?. The van der Waals surface area contributed by atoms with Gasteiger partial charge in [-0.2, -0.15) is 8.42 Å². The number of anilines is 1. The van der Waals surface area contributed by atoms with E-state index in [4.69, 9.17) is 4.99 Å². The third kappa shape index (κ3) is 10.6. The monoisotopic (exact) mass is 934 g/mol. The van der Waals surface area contributed by atoms with E-state index < -0.39 is 40.6 Å². The van der Waals surface area contributed by atoms with Crippen LogP contribution in [0.15, 0.2) is 147 Å². The van der Waals surface area contributed by atoms with E-state index in [2.05, 4.69) is 94.1 Å². The molecule has 2 aliphatic carbocycles. The number of aliphatic imine (C=N–C) groups is 1. The van der Waals surface area contributed by atoms with Crippen LogP contribution in [0.5, 0.6) is 0 Å². The van der Waals surface area contributed by atoms with Crippen LogP contribution < -0.4 is 4.90 Å². The molecule has 1 aliphatic heterocycles. The molecule has 9 nitrogen and oxygen atoms in total. The molecule has 0 spiro atoms. The van der Waals surface area contributed by atoms with Crippen LogP contribution in [0.4, 0.5) is 5.69 Å². The Kier molecular flexibility index (Phi) is 14.2. The van der Waals surface area contributed by atoms with Crippen LogP contribution in [-0.2, 0) is 40.6 Å². The average Bonchev–Trinajstić information content (AvgIpc) is 3.76. The number of sulfone groups is 2. The Hall–Kier alpha value is -4.88. The van der Waals surface area contributed by atoms with E-state index >= 15 is 0 Å². The largest absolute Gasteiger partial charge is 0.344 e. The molecule has 0 saturated heterocycles. The van der Waals surface area contributed by atoms with Gasteiger partial charge in [0.1, 0.15) is 9.84 Å². The molecule has 344 valence electrons. The minimum atomic E-state index is -4.10. The highest BCUT2D eigenvalue weighted by Gasteiger charge is 2.41. The maximum Gasteiger partial charge on any atom is 0.264 e. The number of fused-ring (bicyclic) bond motifs is 4. The fraction of sp³-hybridized carbons (Fsp3) is 0.377. The second-order valence-electron chi connectivity index (χ2n) is 18.7. The van der Waals surface area contributed by atoms with Crippen molar-refractivity contribution in [1.82, 2.24) is 0 Å². The first-order valence-corrected chi connectivity index (χ1v) is 27.8. The molecule has 65 heavy (non-hydrogen) atoms. The van der Waals surface area contributed by atoms with Crippen LogP contribution >= 0.6 is 0 Å². The van der Waals surface area contributed by atoms with Crippen LogP contribution in [-0.4, -0.2) is 66.4 Å². The summed E-state index contributed by atoms with van der Waals surface area (Å²) in [5, 5.41) is 4.46. The van der Waals surface area contributed by atoms with Gasteiger partial charge in [-0.15, -0.1) is 0 Å². The predicted octanol–water partition coefficient (Wildman–Crippen LogP) is 11.4. The molecular formula is C53H62N2O7S3. The van der Waals surface area contributed by atoms with Crippen molar-refractivity contribution in [1.29, 1.82) is 0 Å². The van der Waals surface area contributed by atoms with Gasteiger partial charge in [-0.1, -0.05) is 119 Å². The number of hydrogen-bond acceptors (Lipinski definition) is 8. The summed E-state index contributed by atoms with van der Waals surface area (Å²) < 4.78 is 86.5. The van der Waals surface area contributed by atoms with E-state index in [1.807, 2.05) is 54.6 Å². The zero-order valence-corrected chi connectivity index (χ0v) is 40.9. The second-order valence-corrected chi connectivity index (χ2v) is 24.4. The van der Waals surface area contributed by atoms with Gasteiger partial charge in [-0.3, -0.25) is 9.55 Å². The molecule has 1 N–H and O–H groups in total. The van der Waals surface area contributed by atoms with Gasteiger partial charge in [-0.25, -0.2) is 16.8 Å². The van der Waals surface area contributed by atoms with Gasteiger partial charge in [0.2, 0.25) is 9.84 Å². The SMILES string of the molecule is Cc1ccc2ccccc2c1C(C)(C)C(/C=C/C1=C(S(=O)(=O)C2=CCCC=C2)C(=C/C=C2/N(CCCCS(=O)(=O)O)c3ccc4ccccc4c3C2(C)C)/CC1)=NCCCCS(C)(=O)=O. The highest BCUT2D eigenvalue weighted by molar-refractivity contribution is 7.99. The van der Waals surface area contributed by atoms with Crippen LogP contribution in [0.3, 0.4) is 0 Å². The fourth-order valence-corrected chi connectivity index (χ4v) is 13.1. The van der Waals surface area contributed by atoms with Gasteiger partial charge in [0.15, 0.2) is 0 Å². The number of nitrogens with zero attached hydrogens (tertiary/aromatic N) is 2. The van der Waals surface area contributed by atoms with E-state index in [0.717, 1.165) is 61.8 Å². The lowest BCUT2D eigenvalue weighted by molar-refractivity contribution is 0.480. The van der Waals surface area contributed by atoms with Crippen molar-refractivity contribution in [3.63, 3.8) is 0 Å². The minimum Gasteiger partial charge on any atom is -0.344 e. The highest BCUT2D eigenvalue weighted by atomic mass is 32.2. The minimum absolute atomic E-state index is 0.0921. The van der Waals surface area contributed by atoms with E-state index in [9.17, 15) is 29.8 Å². The third-order valence-electron chi connectivity index (χ3n) is 13.1. The predicted molar refractivity (Wildman–Crippen MR) is 270 cm³/mol. The second kappa shape index (κ2) is 19.1. The van der Waals surface area contributed by atoms with Crippen molar-refractivity contribution in [3.8, 4) is 0 Å². The van der Waals surface area contributed by atoms with Gasteiger partial charge < -0.3 is 4.90 Å². The summed E-state index contributed by atoms with van der Waals surface area (Å²) in [7, 11) is -11.2. The Bertz CT molecular complexity index is 3070. The Morgan fingerprint density at radius 2 is 1.49 bits per heavy atom. The van der Waals surface area contributed by atoms with Crippen molar-refractivity contribution < 1.29 is 29.8 Å².